The third-order valence-electron chi connectivity index (χ3n) is 9.20. The van der Waals surface area contributed by atoms with Crippen LogP contribution in [0, 0.1) is 24.7 Å². The third-order valence-corrected chi connectivity index (χ3v) is 10.1. The maximum atomic E-state index is 10.4. The molecule has 1 heterocycles. The summed E-state index contributed by atoms with van der Waals surface area (Å²) in [6.45, 7) is 1.82. The van der Waals surface area contributed by atoms with Crippen molar-refractivity contribution in [2.45, 2.75) is 94.0 Å². The molecule has 6 heteroatoms. The van der Waals surface area contributed by atoms with Gasteiger partial charge in [-0.15, -0.1) is 0 Å². The second-order valence-electron chi connectivity index (χ2n) is 11.8. The maximum absolute atomic E-state index is 10.4. The first-order valence-electron chi connectivity index (χ1n) is 13.5. The van der Waals surface area contributed by atoms with Crippen molar-refractivity contribution in [3.8, 4) is 0 Å². The fourth-order valence-corrected chi connectivity index (χ4v) is 8.20. The molecule has 5 saturated carbocycles. The second-order valence-corrected chi connectivity index (χ2v) is 13.2. The Kier molecular flexibility index (Phi) is 6.97. The van der Waals surface area contributed by atoms with E-state index in [0.717, 1.165) is 29.4 Å². The lowest BCUT2D eigenvalue weighted by Crippen LogP contribution is -2.64. The molecule has 5 nitrogen and oxygen atoms in total. The van der Waals surface area contributed by atoms with Crippen molar-refractivity contribution >= 4 is 15.8 Å². The van der Waals surface area contributed by atoms with Gasteiger partial charge >= 0.3 is 0 Å². The monoisotopic (exact) mass is 496 g/mol. The number of benzene rings is 1. The predicted molar refractivity (Wildman–Crippen MR) is 137 cm³/mol. The van der Waals surface area contributed by atoms with Gasteiger partial charge in [-0.2, -0.15) is 4.57 Å². The smallest absolute Gasteiger partial charge is 0.171 e. The molecule has 0 amide bonds. The topological polar surface area (TPSA) is 64.3 Å². The highest BCUT2D eigenvalue weighted by Crippen LogP contribution is 2.56. The van der Waals surface area contributed by atoms with Gasteiger partial charge in [0.1, 0.15) is 10.1 Å². The van der Waals surface area contributed by atoms with Crippen molar-refractivity contribution in [3.63, 3.8) is 0 Å². The molecule has 0 spiro atoms. The first-order valence-corrected chi connectivity index (χ1v) is 14.9. The molecule has 0 saturated heterocycles. The Labute approximate surface area is 211 Å². The van der Waals surface area contributed by atoms with Gasteiger partial charge in [0.2, 0.25) is 0 Å². The highest BCUT2D eigenvalue weighted by molar-refractivity contribution is 7.85. The van der Waals surface area contributed by atoms with Crippen LogP contribution in [0.4, 0.5) is 5.69 Å². The van der Waals surface area contributed by atoms with E-state index < -0.39 is 10.1 Å². The Morgan fingerprint density at radius 3 is 1.86 bits per heavy atom. The van der Waals surface area contributed by atoms with E-state index in [1.807, 2.05) is 6.92 Å². The van der Waals surface area contributed by atoms with Crippen LogP contribution in [0.3, 0.4) is 0 Å². The molecule has 0 unspecified atom stereocenters. The summed E-state index contributed by atoms with van der Waals surface area (Å²) in [5.74, 6) is 3.06. The van der Waals surface area contributed by atoms with Crippen molar-refractivity contribution < 1.29 is 17.5 Å². The fourth-order valence-electron chi connectivity index (χ4n) is 7.74. The maximum Gasteiger partial charge on any atom is 0.171 e. The molecule has 35 heavy (non-hydrogen) atoms. The minimum atomic E-state index is -4.27. The zero-order chi connectivity index (χ0) is 24.6. The van der Waals surface area contributed by atoms with E-state index in [-0.39, 0.29) is 4.90 Å². The summed E-state index contributed by atoms with van der Waals surface area (Å²) in [5, 5.41) is 0. The third kappa shape index (κ3) is 5.43. The molecule has 0 radical (unpaired) electrons. The van der Waals surface area contributed by atoms with Crippen molar-refractivity contribution in [2.24, 2.45) is 17.8 Å². The lowest BCUT2D eigenvalue weighted by atomic mass is 9.53. The summed E-state index contributed by atoms with van der Waals surface area (Å²) in [5.41, 5.74) is 2.82. The molecule has 5 aliphatic rings. The van der Waals surface area contributed by atoms with Gasteiger partial charge in [0.05, 0.1) is 4.90 Å². The lowest BCUT2D eigenvalue weighted by molar-refractivity contribution is -0.776. The summed E-state index contributed by atoms with van der Waals surface area (Å²) in [6, 6.07) is 11.3. The largest absolute Gasteiger partial charge is 0.744 e. The van der Waals surface area contributed by atoms with Gasteiger partial charge < -0.3 is 9.45 Å². The summed E-state index contributed by atoms with van der Waals surface area (Å²) < 4.78 is 33.8. The van der Waals surface area contributed by atoms with Crippen LogP contribution in [0.5, 0.6) is 0 Å². The average Bonchev–Trinajstić information content (AvgIpc) is 2.84. The molecule has 0 aliphatic heterocycles. The SMILES string of the molecule is CN(c1cc[n+](C23CC4CC(CC(C4)C2)C3)cc1)C1CCCCC1.Cc1ccc(S(=O)(=O)[O-])cc1. The molecule has 190 valence electrons. The van der Waals surface area contributed by atoms with Crippen LogP contribution >= 0.6 is 0 Å². The van der Waals surface area contributed by atoms with E-state index in [1.54, 1.807) is 12.1 Å². The molecule has 7 rings (SSSR count). The number of nitrogens with zero attached hydrogens (tertiary/aromatic N) is 2. The van der Waals surface area contributed by atoms with E-state index in [1.165, 1.54) is 88.4 Å². The van der Waals surface area contributed by atoms with E-state index >= 15 is 0 Å². The van der Waals surface area contributed by atoms with Crippen molar-refractivity contribution in [1.82, 2.24) is 0 Å². The number of hydrogen-bond acceptors (Lipinski definition) is 4. The van der Waals surface area contributed by atoms with Crippen molar-refractivity contribution in [1.29, 1.82) is 0 Å². The number of rotatable bonds is 4. The second kappa shape index (κ2) is 9.85. The Balaban J connectivity index is 0.000000195. The van der Waals surface area contributed by atoms with E-state index in [2.05, 4.69) is 41.0 Å². The van der Waals surface area contributed by atoms with E-state index in [0.29, 0.717) is 5.54 Å². The summed E-state index contributed by atoms with van der Waals surface area (Å²) in [7, 11) is -1.96. The molecule has 4 bridgehead atoms. The summed E-state index contributed by atoms with van der Waals surface area (Å²) in [4.78, 5) is 2.37. The predicted octanol–water partition coefficient (Wildman–Crippen LogP) is 5.57. The molecular formula is C29H40N2O3S. The molecule has 0 atom stereocenters. The Bertz CT molecular complexity index is 1070. The molecule has 1 aromatic carbocycles. The van der Waals surface area contributed by atoms with Gasteiger partial charge in [0.25, 0.3) is 0 Å². The molecule has 5 aliphatic carbocycles. The lowest BCUT2D eigenvalue weighted by Gasteiger charge is -2.53. The molecule has 0 N–H and O–H groups in total. The fraction of sp³-hybridized carbons (Fsp3) is 0.621. The quantitative estimate of drug-likeness (QED) is 0.410. The van der Waals surface area contributed by atoms with E-state index in [9.17, 15) is 13.0 Å². The normalized spacial score (nSPS) is 30.0. The molecule has 5 fully saturated rings. The number of pyridine rings is 1. The number of anilines is 1. The molecule has 2 aromatic rings. The minimum Gasteiger partial charge on any atom is -0.744 e. The van der Waals surface area contributed by atoms with Crippen molar-refractivity contribution in [2.75, 3.05) is 11.9 Å². The zero-order valence-electron chi connectivity index (χ0n) is 21.2. The highest BCUT2D eigenvalue weighted by atomic mass is 32.2. The van der Waals surface area contributed by atoms with Crippen LogP contribution in [0.1, 0.15) is 76.2 Å². The van der Waals surface area contributed by atoms with Gasteiger partial charge in [0.15, 0.2) is 17.9 Å². The Hall–Kier alpha value is -1.92. The highest BCUT2D eigenvalue weighted by Gasteiger charge is 2.56. The van der Waals surface area contributed by atoms with Gasteiger partial charge in [-0.05, 0) is 68.9 Å². The molecule has 1 aromatic heterocycles. The first kappa shape index (κ1) is 24.8. The number of aryl methyl sites for hydroxylation is 1. The van der Waals surface area contributed by atoms with Crippen LogP contribution in [0.25, 0.3) is 0 Å². The summed E-state index contributed by atoms with van der Waals surface area (Å²) in [6.07, 6.45) is 20.8. The zero-order valence-corrected chi connectivity index (χ0v) is 22.1. The standard InChI is InChI=1S/C22H33N2.C7H8O3S/c1-23(20-5-3-2-4-6-20)21-7-9-24(10-8-21)22-14-17-11-18(15-22)13-19(12-17)16-22;1-6-2-4-7(5-3-6)11(8,9)10/h7-10,17-20H,2-6,11-16H2,1H3;2-5H,1H3,(H,8,9,10)/q+1;/p-1. The van der Waals surface area contributed by atoms with Gasteiger partial charge in [-0.1, -0.05) is 37.0 Å². The van der Waals surface area contributed by atoms with Crippen LogP contribution in [0.2, 0.25) is 0 Å². The Morgan fingerprint density at radius 2 is 1.37 bits per heavy atom. The molecular weight excluding hydrogens is 456 g/mol. The van der Waals surface area contributed by atoms with Crippen molar-refractivity contribution in [3.05, 3.63) is 54.4 Å². The van der Waals surface area contributed by atoms with Crippen LogP contribution in [-0.2, 0) is 15.7 Å². The van der Waals surface area contributed by atoms with Gasteiger partial charge in [-0.3, -0.25) is 0 Å². The van der Waals surface area contributed by atoms with Crippen LogP contribution in [0.15, 0.2) is 53.7 Å². The van der Waals surface area contributed by atoms with Gasteiger partial charge in [0, 0.05) is 50.2 Å². The number of aromatic nitrogens is 1. The van der Waals surface area contributed by atoms with Gasteiger partial charge in [-0.25, -0.2) is 8.42 Å². The van der Waals surface area contributed by atoms with Crippen LogP contribution < -0.4 is 9.47 Å². The minimum absolute atomic E-state index is 0.178. The van der Waals surface area contributed by atoms with E-state index in [4.69, 9.17) is 0 Å². The average molecular weight is 497 g/mol. The first-order chi connectivity index (χ1) is 16.7. The summed E-state index contributed by atoms with van der Waals surface area (Å²) >= 11 is 0. The Morgan fingerprint density at radius 1 is 0.857 bits per heavy atom. The van der Waals surface area contributed by atoms with Crippen LogP contribution in [-0.4, -0.2) is 26.1 Å². The number of hydrogen-bond donors (Lipinski definition) is 0.